The third-order valence-electron chi connectivity index (χ3n) is 3.43. The van der Waals surface area contributed by atoms with E-state index in [0.717, 1.165) is 24.8 Å². The smallest absolute Gasteiger partial charge is 0.161 e. The average molecular weight is 265 g/mol. The van der Waals surface area contributed by atoms with Gasteiger partial charge in [-0.25, -0.2) is 0 Å². The molecular formula is C14H19NO4. The molecule has 5 heteroatoms. The normalized spacial score (nSPS) is 23.4. The van der Waals surface area contributed by atoms with E-state index in [1.54, 1.807) is 32.2 Å². The van der Waals surface area contributed by atoms with Crippen LogP contribution in [0.3, 0.4) is 0 Å². The molecule has 1 aromatic rings. The Morgan fingerprint density at radius 3 is 2.68 bits per heavy atom. The van der Waals surface area contributed by atoms with Crippen LogP contribution in [0.4, 0.5) is 0 Å². The second-order valence-corrected chi connectivity index (χ2v) is 4.71. The Morgan fingerprint density at radius 2 is 2.11 bits per heavy atom. The first kappa shape index (κ1) is 13.7. The average Bonchev–Trinajstić information content (AvgIpc) is 2.84. The highest BCUT2D eigenvalue weighted by molar-refractivity contribution is 5.98. The predicted molar refractivity (Wildman–Crippen MR) is 71.3 cm³/mol. The summed E-state index contributed by atoms with van der Waals surface area (Å²) >= 11 is 0. The molecule has 1 aliphatic carbocycles. The zero-order chi connectivity index (χ0) is 13.8. The summed E-state index contributed by atoms with van der Waals surface area (Å²) in [5.74, 6) is 1.17. The molecule has 1 aliphatic rings. The summed E-state index contributed by atoms with van der Waals surface area (Å²) in [5, 5.41) is 21.7. The van der Waals surface area contributed by atoms with E-state index >= 15 is 0 Å². The number of aliphatic hydroxyl groups excluding tert-OH is 1. The number of benzene rings is 1. The standard InChI is InChI=1S/C14H19NO4/c1-9(15-17)10-6-7-13(14(8-10)18-2)19-12-5-3-4-11(12)16/h6-8,11-12,16-17H,3-5H2,1-2H3/b15-9+. The Hall–Kier alpha value is -1.75. The first-order valence-electron chi connectivity index (χ1n) is 6.37. The van der Waals surface area contributed by atoms with Crippen LogP contribution < -0.4 is 9.47 Å². The topological polar surface area (TPSA) is 71.3 Å². The van der Waals surface area contributed by atoms with Gasteiger partial charge >= 0.3 is 0 Å². The molecule has 2 rings (SSSR count). The zero-order valence-corrected chi connectivity index (χ0v) is 11.2. The fourth-order valence-electron chi connectivity index (χ4n) is 2.25. The Morgan fingerprint density at radius 1 is 1.32 bits per heavy atom. The van der Waals surface area contributed by atoms with Crippen molar-refractivity contribution < 1.29 is 19.8 Å². The summed E-state index contributed by atoms with van der Waals surface area (Å²) in [6.45, 7) is 1.70. The highest BCUT2D eigenvalue weighted by atomic mass is 16.5. The predicted octanol–water partition coefficient (Wildman–Crippen LogP) is 2.19. The second kappa shape index (κ2) is 5.93. The van der Waals surface area contributed by atoms with E-state index in [4.69, 9.17) is 14.7 Å². The number of hydrogen-bond acceptors (Lipinski definition) is 5. The van der Waals surface area contributed by atoms with Crippen LogP contribution in [0, 0.1) is 0 Å². The summed E-state index contributed by atoms with van der Waals surface area (Å²) in [6.07, 6.45) is 2.02. The van der Waals surface area contributed by atoms with Crippen molar-refractivity contribution in [1.82, 2.24) is 0 Å². The summed E-state index contributed by atoms with van der Waals surface area (Å²) in [5.41, 5.74) is 1.27. The molecule has 5 nitrogen and oxygen atoms in total. The Bertz CT molecular complexity index is 473. The fourth-order valence-corrected chi connectivity index (χ4v) is 2.25. The van der Waals surface area contributed by atoms with Crippen LogP contribution in [0.25, 0.3) is 0 Å². The van der Waals surface area contributed by atoms with Crippen molar-refractivity contribution in [3.63, 3.8) is 0 Å². The first-order valence-corrected chi connectivity index (χ1v) is 6.37. The van der Waals surface area contributed by atoms with Crippen LogP contribution >= 0.6 is 0 Å². The van der Waals surface area contributed by atoms with Gasteiger partial charge in [-0.3, -0.25) is 0 Å². The van der Waals surface area contributed by atoms with E-state index in [2.05, 4.69) is 5.16 Å². The molecule has 0 saturated heterocycles. The van der Waals surface area contributed by atoms with E-state index in [0.29, 0.717) is 17.2 Å². The number of nitrogens with zero attached hydrogens (tertiary/aromatic N) is 1. The number of aliphatic hydroxyl groups is 1. The van der Waals surface area contributed by atoms with Gasteiger partial charge in [0.15, 0.2) is 11.5 Å². The molecule has 0 amide bonds. The van der Waals surface area contributed by atoms with E-state index < -0.39 is 6.10 Å². The third kappa shape index (κ3) is 2.98. The minimum atomic E-state index is -0.412. The molecule has 0 radical (unpaired) electrons. The maximum atomic E-state index is 9.78. The lowest BCUT2D eigenvalue weighted by Gasteiger charge is -2.19. The maximum absolute atomic E-state index is 9.78. The van der Waals surface area contributed by atoms with Crippen molar-refractivity contribution in [2.75, 3.05) is 7.11 Å². The Labute approximate surface area is 112 Å². The number of oxime groups is 1. The summed E-state index contributed by atoms with van der Waals surface area (Å²) in [7, 11) is 1.56. The molecule has 0 spiro atoms. The second-order valence-electron chi connectivity index (χ2n) is 4.71. The molecule has 0 bridgehead atoms. The van der Waals surface area contributed by atoms with Crippen LogP contribution in [0.2, 0.25) is 0 Å². The van der Waals surface area contributed by atoms with Gasteiger partial charge in [0.2, 0.25) is 0 Å². The zero-order valence-electron chi connectivity index (χ0n) is 11.2. The molecular weight excluding hydrogens is 246 g/mol. The van der Waals surface area contributed by atoms with Crippen molar-refractivity contribution in [3.05, 3.63) is 23.8 Å². The van der Waals surface area contributed by atoms with Crippen molar-refractivity contribution in [2.24, 2.45) is 5.16 Å². The van der Waals surface area contributed by atoms with Gasteiger partial charge in [-0.05, 0) is 44.4 Å². The SMILES string of the molecule is COc1cc(/C(C)=N/O)ccc1OC1CCCC1O. The van der Waals surface area contributed by atoms with Crippen LogP contribution in [-0.2, 0) is 0 Å². The monoisotopic (exact) mass is 265 g/mol. The molecule has 0 aliphatic heterocycles. The third-order valence-corrected chi connectivity index (χ3v) is 3.43. The van der Waals surface area contributed by atoms with Crippen molar-refractivity contribution in [2.45, 2.75) is 38.4 Å². The van der Waals surface area contributed by atoms with Gasteiger partial charge in [0.1, 0.15) is 6.10 Å². The van der Waals surface area contributed by atoms with Crippen LogP contribution in [0.15, 0.2) is 23.4 Å². The molecule has 2 N–H and O–H groups in total. The van der Waals surface area contributed by atoms with Crippen molar-refractivity contribution in [1.29, 1.82) is 0 Å². The van der Waals surface area contributed by atoms with Gasteiger partial charge in [-0.1, -0.05) is 5.16 Å². The molecule has 0 aromatic heterocycles. The van der Waals surface area contributed by atoms with Crippen molar-refractivity contribution >= 4 is 5.71 Å². The molecule has 19 heavy (non-hydrogen) atoms. The molecule has 1 saturated carbocycles. The van der Waals surface area contributed by atoms with E-state index in [-0.39, 0.29) is 6.10 Å². The van der Waals surface area contributed by atoms with Crippen LogP contribution in [0.1, 0.15) is 31.7 Å². The van der Waals surface area contributed by atoms with Gasteiger partial charge < -0.3 is 19.8 Å². The summed E-state index contributed by atoms with van der Waals surface area (Å²) < 4.78 is 11.1. The lowest BCUT2D eigenvalue weighted by molar-refractivity contribution is 0.0586. The maximum Gasteiger partial charge on any atom is 0.161 e. The van der Waals surface area contributed by atoms with Gasteiger partial charge in [-0.15, -0.1) is 0 Å². The Balaban J connectivity index is 2.21. The van der Waals surface area contributed by atoms with E-state index in [1.165, 1.54) is 0 Å². The van der Waals surface area contributed by atoms with Gasteiger partial charge in [0.25, 0.3) is 0 Å². The van der Waals surface area contributed by atoms with E-state index in [1.807, 2.05) is 0 Å². The first-order chi connectivity index (χ1) is 9.15. The lowest BCUT2D eigenvalue weighted by Crippen LogP contribution is -2.25. The largest absolute Gasteiger partial charge is 0.493 e. The quantitative estimate of drug-likeness (QED) is 0.497. The molecule has 0 heterocycles. The number of methoxy groups -OCH3 is 1. The van der Waals surface area contributed by atoms with Gasteiger partial charge in [0.05, 0.1) is 18.9 Å². The molecule has 1 aromatic carbocycles. The molecule has 1 fully saturated rings. The minimum Gasteiger partial charge on any atom is -0.493 e. The lowest BCUT2D eigenvalue weighted by atomic mass is 10.1. The summed E-state index contributed by atoms with van der Waals surface area (Å²) in [6, 6.07) is 5.33. The van der Waals surface area contributed by atoms with Crippen molar-refractivity contribution in [3.8, 4) is 11.5 Å². The highest BCUT2D eigenvalue weighted by Gasteiger charge is 2.27. The van der Waals surface area contributed by atoms with Crippen LogP contribution in [0.5, 0.6) is 11.5 Å². The molecule has 104 valence electrons. The summed E-state index contributed by atoms with van der Waals surface area (Å²) in [4.78, 5) is 0. The molecule has 2 atom stereocenters. The minimum absolute atomic E-state index is 0.174. The molecule has 2 unspecified atom stereocenters. The van der Waals surface area contributed by atoms with Gasteiger partial charge in [0, 0.05) is 5.56 Å². The van der Waals surface area contributed by atoms with Gasteiger partial charge in [-0.2, -0.15) is 0 Å². The van der Waals surface area contributed by atoms with E-state index in [9.17, 15) is 5.11 Å². The van der Waals surface area contributed by atoms with Crippen LogP contribution in [-0.4, -0.2) is 35.3 Å². The number of ether oxygens (including phenoxy) is 2. The number of hydrogen-bond donors (Lipinski definition) is 2. The Kier molecular flexibility index (Phi) is 4.27. The highest BCUT2D eigenvalue weighted by Crippen LogP contribution is 2.32. The number of rotatable bonds is 4. The fraction of sp³-hybridized carbons (Fsp3) is 0.500.